The Bertz CT molecular complexity index is 992. The van der Waals surface area contributed by atoms with Crippen LogP contribution in [0.1, 0.15) is 21.8 Å². The Balaban J connectivity index is 1.90. The van der Waals surface area contributed by atoms with Crippen molar-refractivity contribution in [3.8, 4) is 11.8 Å². The van der Waals surface area contributed by atoms with E-state index in [-0.39, 0.29) is 17.0 Å². The number of allylic oxidation sites excluding steroid dienone is 1. The number of carbonyl (C=O) groups excluding carboxylic acids is 1. The molecule has 0 aliphatic carbocycles. The first-order chi connectivity index (χ1) is 12.4. The average molecular weight is 357 g/mol. The summed E-state index contributed by atoms with van der Waals surface area (Å²) in [6.07, 6.45) is -0.813. The van der Waals surface area contributed by atoms with Crippen LogP contribution in [0.2, 0.25) is 0 Å². The number of aromatic nitrogens is 2. The van der Waals surface area contributed by atoms with E-state index in [0.717, 1.165) is 16.9 Å². The first-order valence-corrected chi connectivity index (χ1v) is 7.32. The predicted octanol–water partition coefficient (Wildman–Crippen LogP) is 4.27. The molecule has 0 aliphatic heterocycles. The summed E-state index contributed by atoms with van der Waals surface area (Å²) in [5.74, 6) is -0.547. The summed E-state index contributed by atoms with van der Waals surface area (Å²) in [4.78, 5) is 12.1. The van der Waals surface area contributed by atoms with E-state index in [1.165, 1.54) is 48.7 Å². The molecule has 0 amide bonds. The third-order valence-corrected chi connectivity index (χ3v) is 3.49. The zero-order valence-electron chi connectivity index (χ0n) is 13.1. The molecule has 0 spiro atoms. The molecule has 2 aromatic heterocycles. The molecule has 0 saturated heterocycles. The highest BCUT2D eigenvalue weighted by Crippen LogP contribution is 2.30. The zero-order chi connectivity index (χ0) is 18.7. The van der Waals surface area contributed by atoms with Crippen LogP contribution in [0.15, 0.2) is 64.9 Å². The van der Waals surface area contributed by atoms with Gasteiger partial charge >= 0.3 is 6.18 Å². The van der Waals surface area contributed by atoms with Gasteiger partial charge in [-0.2, -0.15) is 23.5 Å². The van der Waals surface area contributed by atoms with Crippen molar-refractivity contribution in [3.63, 3.8) is 0 Å². The summed E-state index contributed by atoms with van der Waals surface area (Å²) < 4.78 is 44.5. The molecule has 0 atom stereocenters. The standard InChI is InChI=1S/C18H10F3N3O2/c19-18(20,21)16-7-8-23-24(16)14-5-3-12(4-6-14)10-13(11-22)17(25)15-2-1-9-26-15/h1-10H. The summed E-state index contributed by atoms with van der Waals surface area (Å²) >= 11 is 0. The number of carbonyl (C=O) groups is 1. The Morgan fingerprint density at radius 3 is 2.50 bits per heavy atom. The third kappa shape index (κ3) is 3.42. The smallest absolute Gasteiger partial charge is 0.433 e. The monoisotopic (exact) mass is 357 g/mol. The molecule has 8 heteroatoms. The van der Waals surface area contributed by atoms with Crippen molar-refractivity contribution in [2.45, 2.75) is 6.18 Å². The van der Waals surface area contributed by atoms with Gasteiger partial charge in [0.15, 0.2) is 5.76 Å². The van der Waals surface area contributed by atoms with Crippen molar-refractivity contribution in [3.05, 3.63) is 77.5 Å². The number of rotatable bonds is 4. The van der Waals surface area contributed by atoms with Gasteiger partial charge in [-0.15, -0.1) is 0 Å². The number of hydrogen-bond donors (Lipinski definition) is 0. The number of alkyl halides is 3. The van der Waals surface area contributed by atoms with Crippen LogP contribution >= 0.6 is 0 Å². The maximum absolute atomic E-state index is 12.9. The van der Waals surface area contributed by atoms with Crippen molar-refractivity contribution in [1.29, 1.82) is 5.26 Å². The largest absolute Gasteiger partial charge is 0.461 e. The fourth-order valence-electron chi connectivity index (χ4n) is 2.29. The topological polar surface area (TPSA) is 71.8 Å². The minimum atomic E-state index is -4.53. The van der Waals surface area contributed by atoms with Crippen molar-refractivity contribution < 1.29 is 22.4 Å². The molecule has 26 heavy (non-hydrogen) atoms. The van der Waals surface area contributed by atoms with Crippen LogP contribution in [0.25, 0.3) is 11.8 Å². The Hall–Kier alpha value is -3.60. The molecule has 3 rings (SSSR count). The number of ketones is 1. The number of Topliss-reactive ketones (excluding diaryl/α,β-unsaturated/α-hetero) is 1. The predicted molar refractivity (Wildman–Crippen MR) is 85.2 cm³/mol. The van der Waals surface area contributed by atoms with E-state index < -0.39 is 17.7 Å². The minimum absolute atomic E-state index is 0.0285. The number of benzene rings is 1. The Morgan fingerprint density at radius 1 is 1.19 bits per heavy atom. The van der Waals surface area contributed by atoms with Gasteiger partial charge in [0.05, 0.1) is 18.1 Å². The van der Waals surface area contributed by atoms with Crippen LogP contribution in [0.4, 0.5) is 13.2 Å². The number of nitriles is 1. The van der Waals surface area contributed by atoms with Gasteiger partial charge < -0.3 is 4.42 Å². The number of nitrogens with zero attached hydrogens (tertiary/aromatic N) is 3. The summed E-state index contributed by atoms with van der Waals surface area (Å²) in [5.41, 5.74) is -0.365. The molecule has 0 saturated carbocycles. The van der Waals surface area contributed by atoms with Gasteiger partial charge in [0.2, 0.25) is 5.78 Å². The summed E-state index contributed by atoms with van der Waals surface area (Å²) in [5, 5.41) is 12.9. The van der Waals surface area contributed by atoms with Crippen LogP contribution in [-0.4, -0.2) is 15.6 Å². The Kier molecular flexibility index (Phi) is 4.45. The first kappa shape index (κ1) is 17.2. The number of halogens is 3. The van der Waals surface area contributed by atoms with Gasteiger partial charge in [0.1, 0.15) is 17.3 Å². The Morgan fingerprint density at radius 2 is 1.92 bits per heavy atom. The summed E-state index contributed by atoms with van der Waals surface area (Å²) in [7, 11) is 0. The van der Waals surface area contributed by atoms with Gasteiger partial charge in [-0.3, -0.25) is 4.79 Å². The van der Waals surface area contributed by atoms with Gasteiger partial charge in [-0.05, 0) is 42.0 Å². The SMILES string of the molecule is N#CC(=Cc1ccc(-n2nccc2C(F)(F)F)cc1)C(=O)c1ccco1. The van der Waals surface area contributed by atoms with Gasteiger partial charge in [-0.25, -0.2) is 4.68 Å². The molecule has 0 unspecified atom stereocenters. The molecular weight excluding hydrogens is 347 g/mol. The molecule has 3 aromatic rings. The highest BCUT2D eigenvalue weighted by molar-refractivity contribution is 6.12. The van der Waals surface area contributed by atoms with Crippen LogP contribution in [0.5, 0.6) is 0 Å². The molecule has 0 bridgehead atoms. The van der Waals surface area contributed by atoms with E-state index in [1.807, 2.05) is 0 Å². The van der Waals surface area contributed by atoms with Crippen LogP contribution in [0.3, 0.4) is 0 Å². The van der Waals surface area contributed by atoms with E-state index in [1.54, 1.807) is 6.07 Å². The molecule has 0 aliphatic rings. The number of furan rings is 1. The number of hydrogen-bond acceptors (Lipinski definition) is 4. The molecule has 0 fully saturated rings. The molecule has 5 nitrogen and oxygen atoms in total. The lowest BCUT2D eigenvalue weighted by atomic mass is 10.1. The average Bonchev–Trinajstić information content (AvgIpc) is 3.30. The fraction of sp³-hybridized carbons (Fsp3) is 0.0556. The molecule has 0 radical (unpaired) electrons. The van der Waals surface area contributed by atoms with E-state index in [2.05, 4.69) is 5.10 Å². The quantitative estimate of drug-likeness (QED) is 0.397. The second-order valence-corrected chi connectivity index (χ2v) is 5.19. The lowest BCUT2D eigenvalue weighted by molar-refractivity contribution is -0.142. The van der Waals surface area contributed by atoms with Crippen molar-refractivity contribution in [1.82, 2.24) is 9.78 Å². The van der Waals surface area contributed by atoms with Crippen molar-refractivity contribution in [2.24, 2.45) is 0 Å². The lowest BCUT2D eigenvalue weighted by Crippen LogP contribution is -2.13. The summed E-state index contributed by atoms with van der Waals surface area (Å²) in [6.45, 7) is 0. The maximum atomic E-state index is 12.9. The van der Waals surface area contributed by atoms with Crippen molar-refractivity contribution in [2.75, 3.05) is 0 Å². The molecular formula is C18H10F3N3O2. The molecule has 130 valence electrons. The molecule has 0 N–H and O–H groups in total. The van der Waals surface area contributed by atoms with Crippen molar-refractivity contribution >= 4 is 11.9 Å². The zero-order valence-corrected chi connectivity index (χ0v) is 13.1. The van der Waals surface area contributed by atoms with Crippen LogP contribution in [-0.2, 0) is 6.18 Å². The summed E-state index contributed by atoms with van der Waals surface area (Å²) in [6, 6.07) is 11.5. The van der Waals surface area contributed by atoms with E-state index in [9.17, 15) is 18.0 Å². The Labute approximate surface area is 145 Å². The highest BCUT2D eigenvalue weighted by atomic mass is 19.4. The highest BCUT2D eigenvalue weighted by Gasteiger charge is 2.35. The normalized spacial score (nSPS) is 12.0. The molecule has 2 heterocycles. The van der Waals surface area contributed by atoms with E-state index in [4.69, 9.17) is 9.68 Å². The second kappa shape index (κ2) is 6.72. The first-order valence-electron chi connectivity index (χ1n) is 7.32. The van der Waals surface area contributed by atoms with Gasteiger partial charge in [-0.1, -0.05) is 12.1 Å². The second-order valence-electron chi connectivity index (χ2n) is 5.19. The maximum Gasteiger partial charge on any atom is 0.433 e. The van der Waals surface area contributed by atoms with Gasteiger partial charge in [0, 0.05) is 0 Å². The van der Waals surface area contributed by atoms with E-state index >= 15 is 0 Å². The molecule has 1 aromatic carbocycles. The lowest BCUT2D eigenvalue weighted by Gasteiger charge is -2.10. The van der Waals surface area contributed by atoms with Crippen LogP contribution < -0.4 is 0 Å². The minimum Gasteiger partial charge on any atom is -0.461 e. The van der Waals surface area contributed by atoms with Gasteiger partial charge in [0.25, 0.3) is 0 Å². The van der Waals surface area contributed by atoms with Crippen LogP contribution in [0, 0.1) is 11.3 Å². The third-order valence-electron chi connectivity index (χ3n) is 3.49. The fourth-order valence-corrected chi connectivity index (χ4v) is 2.29. The van der Waals surface area contributed by atoms with E-state index in [0.29, 0.717) is 5.56 Å².